The molecule has 2 rings (SSSR count). The SMILES string of the molecule is N=C1COC2=NN(N)C(N)N12. The summed E-state index contributed by atoms with van der Waals surface area (Å²) in [5.74, 6) is 5.61. The molecule has 0 aliphatic carbocycles. The van der Waals surface area contributed by atoms with E-state index in [2.05, 4.69) is 5.10 Å². The van der Waals surface area contributed by atoms with Gasteiger partial charge in [0.1, 0.15) is 12.4 Å². The molecule has 0 bridgehead atoms. The average molecular weight is 156 g/mol. The van der Waals surface area contributed by atoms with Crippen molar-refractivity contribution in [2.24, 2.45) is 16.7 Å². The maximum atomic E-state index is 7.35. The van der Waals surface area contributed by atoms with Gasteiger partial charge in [0.05, 0.1) is 0 Å². The largest absolute Gasteiger partial charge is 0.455 e. The van der Waals surface area contributed by atoms with Crippen LogP contribution < -0.4 is 11.6 Å². The van der Waals surface area contributed by atoms with E-state index in [1.807, 2.05) is 0 Å². The van der Waals surface area contributed by atoms with Crippen LogP contribution in [0.3, 0.4) is 0 Å². The Bertz CT molecular complexity index is 237. The lowest BCUT2D eigenvalue weighted by Gasteiger charge is -2.19. The van der Waals surface area contributed by atoms with Crippen molar-refractivity contribution in [3.8, 4) is 0 Å². The summed E-state index contributed by atoms with van der Waals surface area (Å²) in [5, 5.41) is 12.2. The van der Waals surface area contributed by atoms with Gasteiger partial charge in [0.2, 0.25) is 0 Å². The smallest absolute Gasteiger partial charge is 0.319 e. The Hall–Kier alpha value is -1.34. The number of hydrogen-bond acceptors (Lipinski definition) is 6. The van der Waals surface area contributed by atoms with Crippen LogP contribution in [0.1, 0.15) is 0 Å². The first-order chi connectivity index (χ1) is 5.20. The summed E-state index contributed by atoms with van der Waals surface area (Å²) in [7, 11) is 0. The maximum Gasteiger partial charge on any atom is 0.319 e. The summed E-state index contributed by atoms with van der Waals surface area (Å²) in [6.07, 6.45) is -0.597. The van der Waals surface area contributed by atoms with Crippen molar-refractivity contribution < 1.29 is 4.74 Å². The molecule has 0 spiro atoms. The van der Waals surface area contributed by atoms with Crippen molar-refractivity contribution in [2.45, 2.75) is 6.29 Å². The van der Waals surface area contributed by atoms with E-state index < -0.39 is 6.29 Å². The quantitative estimate of drug-likeness (QED) is 0.352. The van der Waals surface area contributed by atoms with E-state index in [1.165, 1.54) is 4.90 Å². The molecule has 11 heavy (non-hydrogen) atoms. The van der Waals surface area contributed by atoms with Crippen LogP contribution in [0.2, 0.25) is 0 Å². The molecular weight excluding hydrogens is 148 g/mol. The highest BCUT2D eigenvalue weighted by Crippen LogP contribution is 2.15. The molecule has 1 unspecified atom stereocenters. The second kappa shape index (κ2) is 1.83. The normalized spacial score (nSPS) is 28.7. The predicted molar refractivity (Wildman–Crippen MR) is 37.0 cm³/mol. The zero-order chi connectivity index (χ0) is 8.01. The Kier molecular flexibility index (Phi) is 1.06. The molecule has 1 atom stereocenters. The fraction of sp³-hybridized carbons (Fsp3) is 0.500. The number of nitrogens with two attached hydrogens (primary N) is 2. The van der Waals surface area contributed by atoms with Crippen molar-refractivity contribution in [1.82, 2.24) is 10.0 Å². The molecule has 60 valence electrons. The second-order valence-electron chi connectivity index (χ2n) is 2.28. The number of hydrazine groups is 1. The number of amidine groups is 2. The zero-order valence-electron chi connectivity index (χ0n) is 5.69. The predicted octanol–water partition coefficient (Wildman–Crippen LogP) is -2.00. The van der Waals surface area contributed by atoms with E-state index in [0.29, 0.717) is 6.02 Å². The first-order valence-electron chi connectivity index (χ1n) is 3.08. The molecule has 1 fully saturated rings. The summed E-state index contributed by atoms with van der Waals surface area (Å²) >= 11 is 0. The number of fused-ring (bicyclic) bond motifs is 1. The van der Waals surface area contributed by atoms with E-state index in [9.17, 15) is 0 Å². The van der Waals surface area contributed by atoms with Gasteiger partial charge in [-0.15, -0.1) is 5.10 Å². The molecule has 2 aliphatic heterocycles. The van der Waals surface area contributed by atoms with Gasteiger partial charge in [-0.05, 0) is 0 Å². The molecule has 0 amide bonds. The van der Waals surface area contributed by atoms with Gasteiger partial charge in [0.25, 0.3) is 0 Å². The lowest BCUT2D eigenvalue weighted by molar-refractivity contribution is 0.177. The Labute approximate surface area is 62.7 Å². The summed E-state index contributed by atoms with van der Waals surface area (Å²) in [6.45, 7) is 0.223. The summed E-state index contributed by atoms with van der Waals surface area (Å²) in [5.41, 5.74) is 5.55. The first-order valence-corrected chi connectivity index (χ1v) is 3.08. The maximum absolute atomic E-state index is 7.35. The minimum atomic E-state index is -0.597. The standard InChI is InChI=1S/C4H8N6O/c5-2-1-11-4-8-10(7)3(6)9(2)4/h3,5H,1,6-7H2. The van der Waals surface area contributed by atoms with Crippen LogP contribution in [-0.2, 0) is 4.74 Å². The molecule has 0 saturated carbocycles. The fourth-order valence-corrected chi connectivity index (χ4v) is 1.01. The topological polar surface area (TPSA) is 104 Å². The summed E-state index contributed by atoms with van der Waals surface area (Å²) in [4.78, 5) is 1.43. The highest BCUT2D eigenvalue weighted by Gasteiger charge is 2.39. The summed E-state index contributed by atoms with van der Waals surface area (Å²) < 4.78 is 4.98. The van der Waals surface area contributed by atoms with Crippen LogP contribution >= 0.6 is 0 Å². The van der Waals surface area contributed by atoms with Crippen molar-refractivity contribution in [3.63, 3.8) is 0 Å². The van der Waals surface area contributed by atoms with Gasteiger partial charge in [-0.3, -0.25) is 11.1 Å². The highest BCUT2D eigenvalue weighted by atomic mass is 16.5. The van der Waals surface area contributed by atoms with Crippen molar-refractivity contribution in [3.05, 3.63) is 0 Å². The molecule has 7 nitrogen and oxygen atoms in total. The highest BCUT2D eigenvalue weighted by molar-refractivity contribution is 6.02. The Morgan fingerprint density at radius 3 is 3.09 bits per heavy atom. The molecule has 1 saturated heterocycles. The molecule has 2 aliphatic rings. The molecular formula is C4H8N6O. The Morgan fingerprint density at radius 2 is 2.45 bits per heavy atom. The van der Waals surface area contributed by atoms with Crippen molar-refractivity contribution in [1.29, 1.82) is 5.41 Å². The lowest BCUT2D eigenvalue weighted by atomic mass is 10.5. The lowest BCUT2D eigenvalue weighted by Crippen LogP contribution is -2.51. The molecule has 5 N–H and O–H groups in total. The molecule has 7 heteroatoms. The molecule has 0 aromatic rings. The minimum absolute atomic E-state index is 0.223. The minimum Gasteiger partial charge on any atom is -0.455 e. The van der Waals surface area contributed by atoms with Gasteiger partial charge < -0.3 is 4.74 Å². The fourth-order valence-electron chi connectivity index (χ4n) is 1.01. The molecule has 0 aromatic carbocycles. The Morgan fingerprint density at radius 1 is 1.73 bits per heavy atom. The second-order valence-corrected chi connectivity index (χ2v) is 2.28. The zero-order valence-corrected chi connectivity index (χ0v) is 5.69. The number of nitrogens with one attached hydrogen (secondary N) is 1. The van der Waals surface area contributed by atoms with Gasteiger partial charge in [-0.25, -0.2) is 10.7 Å². The van der Waals surface area contributed by atoms with Gasteiger partial charge in [0.15, 0.2) is 6.29 Å². The first kappa shape index (κ1) is 6.38. The van der Waals surface area contributed by atoms with Crippen molar-refractivity contribution >= 4 is 11.9 Å². The van der Waals surface area contributed by atoms with Gasteiger partial charge in [0, 0.05) is 0 Å². The monoisotopic (exact) mass is 156 g/mol. The average Bonchev–Trinajstić information content (AvgIpc) is 2.41. The molecule has 0 radical (unpaired) electrons. The van der Waals surface area contributed by atoms with E-state index in [-0.39, 0.29) is 12.4 Å². The van der Waals surface area contributed by atoms with Crippen LogP contribution in [0.4, 0.5) is 0 Å². The molecule has 0 aromatic heterocycles. The third-order valence-corrected chi connectivity index (χ3v) is 1.57. The van der Waals surface area contributed by atoms with Crippen LogP contribution in [0.25, 0.3) is 0 Å². The Balaban J connectivity index is 2.31. The van der Waals surface area contributed by atoms with Crippen LogP contribution in [0.5, 0.6) is 0 Å². The van der Waals surface area contributed by atoms with E-state index >= 15 is 0 Å². The van der Waals surface area contributed by atoms with E-state index in [1.54, 1.807) is 0 Å². The third-order valence-electron chi connectivity index (χ3n) is 1.57. The number of nitrogens with zero attached hydrogens (tertiary/aromatic N) is 3. The van der Waals surface area contributed by atoms with Gasteiger partial charge >= 0.3 is 6.02 Å². The van der Waals surface area contributed by atoms with Crippen LogP contribution in [-0.4, -0.2) is 34.8 Å². The van der Waals surface area contributed by atoms with Gasteiger partial charge in [-0.2, -0.15) is 5.12 Å². The summed E-state index contributed by atoms with van der Waals surface area (Å²) in [6, 6.07) is 0.310. The number of hydrogen-bond donors (Lipinski definition) is 3. The van der Waals surface area contributed by atoms with Crippen LogP contribution in [0.15, 0.2) is 5.10 Å². The number of hydrazone groups is 1. The van der Waals surface area contributed by atoms with Crippen molar-refractivity contribution in [2.75, 3.05) is 6.61 Å². The van der Waals surface area contributed by atoms with E-state index in [0.717, 1.165) is 5.12 Å². The number of ether oxygens (including phenoxy) is 1. The van der Waals surface area contributed by atoms with E-state index in [4.69, 9.17) is 21.7 Å². The third kappa shape index (κ3) is 0.686. The number of rotatable bonds is 0. The van der Waals surface area contributed by atoms with Crippen LogP contribution in [0, 0.1) is 5.41 Å². The van der Waals surface area contributed by atoms with Gasteiger partial charge in [-0.1, -0.05) is 0 Å². The molecule has 2 heterocycles.